The SMILES string of the molecule is Cc1cc(Cl)ccc1Nc1nncc(N2CCN(c3ncccn3)CC2)n1. The quantitative estimate of drug-likeness (QED) is 0.737. The van der Waals surface area contributed by atoms with Crippen molar-refractivity contribution in [3.63, 3.8) is 0 Å². The van der Waals surface area contributed by atoms with Crippen LogP contribution in [0.15, 0.2) is 42.9 Å². The van der Waals surface area contributed by atoms with Gasteiger partial charge in [-0.05, 0) is 36.8 Å². The molecule has 1 aliphatic rings. The van der Waals surface area contributed by atoms with Crippen LogP contribution in [0.3, 0.4) is 0 Å². The lowest BCUT2D eigenvalue weighted by atomic mass is 10.2. The van der Waals surface area contributed by atoms with E-state index in [1.165, 1.54) is 0 Å². The van der Waals surface area contributed by atoms with Gasteiger partial charge in [-0.1, -0.05) is 11.6 Å². The van der Waals surface area contributed by atoms with E-state index in [2.05, 4.69) is 40.3 Å². The third-order valence-corrected chi connectivity index (χ3v) is 4.65. The van der Waals surface area contributed by atoms with Gasteiger partial charge in [0.05, 0.1) is 6.20 Å². The van der Waals surface area contributed by atoms with Crippen molar-refractivity contribution in [1.82, 2.24) is 25.1 Å². The van der Waals surface area contributed by atoms with Crippen LogP contribution in [-0.4, -0.2) is 51.3 Å². The molecule has 9 heteroatoms. The largest absolute Gasteiger partial charge is 0.352 e. The Balaban J connectivity index is 1.44. The maximum absolute atomic E-state index is 6.01. The molecule has 0 atom stereocenters. The van der Waals surface area contributed by atoms with E-state index < -0.39 is 0 Å². The highest BCUT2D eigenvalue weighted by Gasteiger charge is 2.20. The predicted molar refractivity (Wildman–Crippen MR) is 106 cm³/mol. The van der Waals surface area contributed by atoms with Crippen molar-refractivity contribution in [1.29, 1.82) is 0 Å². The van der Waals surface area contributed by atoms with Gasteiger partial charge in [-0.2, -0.15) is 10.1 Å². The summed E-state index contributed by atoms with van der Waals surface area (Å²) >= 11 is 6.01. The zero-order valence-electron chi connectivity index (χ0n) is 14.9. The molecule has 3 heterocycles. The molecule has 0 unspecified atom stereocenters. The lowest BCUT2D eigenvalue weighted by Crippen LogP contribution is -2.47. The summed E-state index contributed by atoms with van der Waals surface area (Å²) in [5, 5.41) is 12.1. The Morgan fingerprint density at radius 2 is 1.78 bits per heavy atom. The zero-order valence-corrected chi connectivity index (χ0v) is 15.6. The van der Waals surface area contributed by atoms with Crippen LogP contribution in [0.1, 0.15) is 5.56 Å². The minimum absolute atomic E-state index is 0.465. The highest BCUT2D eigenvalue weighted by molar-refractivity contribution is 6.30. The summed E-state index contributed by atoms with van der Waals surface area (Å²) in [5.74, 6) is 2.03. The molecule has 0 radical (unpaired) electrons. The second-order valence-electron chi connectivity index (χ2n) is 6.25. The highest BCUT2D eigenvalue weighted by atomic mass is 35.5. The topological polar surface area (TPSA) is 83.0 Å². The molecule has 0 amide bonds. The third-order valence-electron chi connectivity index (χ3n) is 4.42. The Labute approximate surface area is 162 Å². The van der Waals surface area contributed by atoms with Crippen molar-refractivity contribution < 1.29 is 0 Å². The fraction of sp³-hybridized carbons (Fsp3) is 0.278. The summed E-state index contributed by atoms with van der Waals surface area (Å²) in [6.07, 6.45) is 5.22. The van der Waals surface area contributed by atoms with Gasteiger partial charge in [-0.25, -0.2) is 9.97 Å². The highest BCUT2D eigenvalue weighted by Crippen LogP contribution is 2.23. The number of hydrogen-bond acceptors (Lipinski definition) is 8. The van der Waals surface area contributed by atoms with Gasteiger partial charge in [0.15, 0.2) is 5.82 Å². The van der Waals surface area contributed by atoms with Gasteiger partial charge >= 0.3 is 0 Å². The molecule has 4 rings (SSSR count). The molecule has 8 nitrogen and oxygen atoms in total. The number of hydrogen-bond donors (Lipinski definition) is 1. The van der Waals surface area contributed by atoms with E-state index in [0.29, 0.717) is 11.0 Å². The predicted octanol–water partition coefficient (Wildman–Crippen LogP) is 2.69. The zero-order chi connectivity index (χ0) is 18.6. The number of anilines is 4. The second-order valence-corrected chi connectivity index (χ2v) is 6.68. The van der Waals surface area contributed by atoms with Crippen molar-refractivity contribution >= 4 is 35.0 Å². The summed E-state index contributed by atoms with van der Waals surface area (Å²) in [4.78, 5) is 17.6. The Bertz CT molecular complexity index is 912. The fourth-order valence-electron chi connectivity index (χ4n) is 2.98. The van der Waals surface area contributed by atoms with Crippen LogP contribution in [-0.2, 0) is 0 Å². The first-order valence-electron chi connectivity index (χ1n) is 8.69. The van der Waals surface area contributed by atoms with E-state index in [0.717, 1.165) is 49.2 Å². The van der Waals surface area contributed by atoms with E-state index in [4.69, 9.17) is 11.6 Å². The molecule has 0 saturated carbocycles. The summed E-state index contributed by atoms with van der Waals surface area (Å²) < 4.78 is 0. The standard InChI is InChI=1S/C18H19ClN8/c1-13-11-14(19)3-4-15(13)23-17-24-16(12-22-25-17)26-7-9-27(10-8-26)18-20-5-2-6-21-18/h2-6,11-12H,7-10H2,1H3,(H,23,24,25). The number of aryl methyl sites for hydroxylation is 1. The number of piperazine rings is 1. The van der Waals surface area contributed by atoms with Crippen LogP contribution in [0.2, 0.25) is 5.02 Å². The van der Waals surface area contributed by atoms with E-state index in [9.17, 15) is 0 Å². The Hall–Kier alpha value is -3.00. The summed E-state index contributed by atoms with van der Waals surface area (Å²) in [6.45, 7) is 5.27. The van der Waals surface area contributed by atoms with E-state index in [1.807, 2.05) is 31.2 Å². The van der Waals surface area contributed by atoms with Crippen LogP contribution in [0.5, 0.6) is 0 Å². The van der Waals surface area contributed by atoms with E-state index >= 15 is 0 Å². The van der Waals surface area contributed by atoms with Gasteiger partial charge in [-0.3, -0.25) is 0 Å². The average molecular weight is 383 g/mol. The fourth-order valence-corrected chi connectivity index (χ4v) is 3.20. The molecule has 1 saturated heterocycles. The maximum Gasteiger partial charge on any atom is 0.249 e. The molecule has 1 fully saturated rings. The van der Waals surface area contributed by atoms with Gasteiger partial charge in [-0.15, -0.1) is 5.10 Å². The van der Waals surface area contributed by atoms with Gasteiger partial charge in [0.2, 0.25) is 11.9 Å². The second kappa shape index (κ2) is 7.71. The summed E-state index contributed by atoms with van der Waals surface area (Å²) in [5.41, 5.74) is 1.93. The molecule has 2 aromatic heterocycles. The number of aromatic nitrogens is 5. The molecule has 1 N–H and O–H groups in total. The molecule has 0 spiro atoms. The van der Waals surface area contributed by atoms with Crippen molar-refractivity contribution in [2.24, 2.45) is 0 Å². The van der Waals surface area contributed by atoms with Gasteiger partial charge in [0.1, 0.15) is 0 Å². The van der Waals surface area contributed by atoms with Gasteiger partial charge in [0.25, 0.3) is 0 Å². The first-order chi connectivity index (χ1) is 13.2. The molecule has 3 aromatic rings. The molecule has 0 bridgehead atoms. The number of nitrogens with zero attached hydrogens (tertiary/aromatic N) is 7. The van der Waals surface area contributed by atoms with E-state index in [1.54, 1.807) is 18.6 Å². The third kappa shape index (κ3) is 4.06. The summed E-state index contributed by atoms with van der Waals surface area (Å²) in [7, 11) is 0. The van der Waals surface area contributed by atoms with Crippen molar-refractivity contribution in [2.45, 2.75) is 6.92 Å². The number of nitrogens with one attached hydrogen (secondary N) is 1. The lowest BCUT2D eigenvalue weighted by Gasteiger charge is -2.35. The molecule has 138 valence electrons. The smallest absolute Gasteiger partial charge is 0.249 e. The molecule has 27 heavy (non-hydrogen) atoms. The minimum Gasteiger partial charge on any atom is -0.352 e. The Morgan fingerprint density at radius 1 is 1.04 bits per heavy atom. The average Bonchev–Trinajstić information content (AvgIpc) is 2.71. The maximum atomic E-state index is 6.01. The van der Waals surface area contributed by atoms with Crippen molar-refractivity contribution in [3.05, 3.63) is 53.4 Å². The number of halogens is 1. The molecule has 0 aliphatic carbocycles. The molecule has 1 aliphatic heterocycles. The van der Waals surface area contributed by atoms with Crippen molar-refractivity contribution in [3.8, 4) is 0 Å². The van der Waals surface area contributed by atoms with Gasteiger partial charge < -0.3 is 15.1 Å². The van der Waals surface area contributed by atoms with Crippen LogP contribution in [0, 0.1) is 6.92 Å². The van der Waals surface area contributed by atoms with Gasteiger partial charge in [0, 0.05) is 49.3 Å². The van der Waals surface area contributed by atoms with E-state index in [-0.39, 0.29) is 0 Å². The Morgan fingerprint density at radius 3 is 2.52 bits per heavy atom. The molecular weight excluding hydrogens is 364 g/mol. The first-order valence-corrected chi connectivity index (χ1v) is 9.07. The number of benzene rings is 1. The number of rotatable bonds is 4. The normalized spacial score (nSPS) is 14.3. The summed E-state index contributed by atoms with van der Waals surface area (Å²) in [6, 6.07) is 7.46. The monoisotopic (exact) mass is 382 g/mol. The van der Waals surface area contributed by atoms with Crippen LogP contribution in [0.4, 0.5) is 23.4 Å². The lowest BCUT2D eigenvalue weighted by molar-refractivity contribution is 0.632. The van der Waals surface area contributed by atoms with Crippen LogP contribution in [0.25, 0.3) is 0 Å². The van der Waals surface area contributed by atoms with Crippen LogP contribution < -0.4 is 15.1 Å². The Kier molecular flexibility index (Phi) is 4.97. The minimum atomic E-state index is 0.465. The van der Waals surface area contributed by atoms with Crippen molar-refractivity contribution in [2.75, 3.05) is 41.3 Å². The first kappa shape index (κ1) is 17.4. The van der Waals surface area contributed by atoms with Crippen LogP contribution >= 0.6 is 11.6 Å². The molecule has 1 aromatic carbocycles. The molecular formula is C18H19ClN8.